The van der Waals surface area contributed by atoms with Gasteiger partial charge in [0, 0.05) is 24.3 Å². The number of anilines is 1. The molecule has 2 aromatic rings. The van der Waals surface area contributed by atoms with Gasteiger partial charge in [-0.2, -0.15) is 13.2 Å². The molecular formula is C19H15F3N2O2. The number of fused-ring (bicyclic) bond motifs is 1. The van der Waals surface area contributed by atoms with Crippen molar-refractivity contribution in [1.82, 2.24) is 4.90 Å². The van der Waals surface area contributed by atoms with Gasteiger partial charge in [-0.25, -0.2) is 0 Å². The lowest BCUT2D eigenvalue weighted by molar-refractivity contribution is -0.137. The molecule has 1 fully saturated rings. The van der Waals surface area contributed by atoms with Crippen molar-refractivity contribution >= 4 is 17.5 Å². The molecule has 0 radical (unpaired) electrons. The number of hydrogen-bond acceptors (Lipinski definition) is 2. The molecule has 1 spiro atoms. The zero-order chi connectivity index (χ0) is 18.5. The third-order valence-corrected chi connectivity index (χ3v) is 5.01. The Morgan fingerprint density at radius 1 is 1.04 bits per heavy atom. The van der Waals surface area contributed by atoms with Gasteiger partial charge in [0.15, 0.2) is 0 Å². The van der Waals surface area contributed by atoms with Crippen molar-refractivity contribution in [3.63, 3.8) is 0 Å². The van der Waals surface area contributed by atoms with E-state index in [0.29, 0.717) is 6.42 Å². The molecule has 26 heavy (non-hydrogen) atoms. The highest BCUT2D eigenvalue weighted by Crippen LogP contribution is 2.41. The third-order valence-electron chi connectivity index (χ3n) is 5.01. The molecule has 1 N–H and O–H groups in total. The second kappa shape index (κ2) is 5.59. The van der Waals surface area contributed by atoms with Gasteiger partial charge in [0.1, 0.15) is 0 Å². The maximum Gasteiger partial charge on any atom is 0.416 e. The summed E-state index contributed by atoms with van der Waals surface area (Å²) in [6.07, 6.45) is -3.89. The Morgan fingerprint density at radius 3 is 2.35 bits per heavy atom. The van der Waals surface area contributed by atoms with E-state index in [2.05, 4.69) is 5.32 Å². The van der Waals surface area contributed by atoms with E-state index in [4.69, 9.17) is 0 Å². The summed E-state index contributed by atoms with van der Waals surface area (Å²) in [5, 5.41) is 2.87. The van der Waals surface area contributed by atoms with Crippen LogP contribution in [0.25, 0.3) is 0 Å². The fourth-order valence-electron chi connectivity index (χ4n) is 3.56. The summed E-state index contributed by atoms with van der Waals surface area (Å²) in [4.78, 5) is 26.4. The molecule has 134 valence electrons. The molecule has 0 aromatic heterocycles. The molecule has 2 aliphatic heterocycles. The number of benzene rings is 2. The Hall–Kier alpha value is -2.83. The van der Waals surface area contributed by atoms with Crippen LogP contribution in [0.15, 0.2) is 48.5 Å². The first-order chi connectivity index (χ1) is 12.3. The highest BCUT2D eigenvalue weighted by atomic mass is 19.4. The highest BCUT2D eigenvalue weighted by molar-refractivity contribution is 6.02. The van der Waals surface area contributed by atoms with Crippen molar-refractivity contribution in [3.05, 3.63) is 65.2 Å². The number of alkyl halides is 3. The number of likely N-dealkylation sites (tertiary alicyclic amines) is 1. The van der Waals surface area contributed by atoms with Crippen molar-refractivity contribution in [2.75, 3.05) is 18.4 Å². The number of amides is 2. The fraction of sp³-hybridized carbons (Fsp3) is 0.263. The first kappa shape index (κ1) is 16.6. The van der Waals surface area contributed by atoms with E-state index in [1.165, 1.54) is 17.0 Å². The van der Waals surface area contributed by atoms with Crippen LogP contribution < -0.4 is 5.32 Å². The van der Waals surface area contributed by atoms with Crippen molar-refractivity contribution in [2.24, 2.45) is 5.41 Å². The largest absolute Gasteiger partial charge is 0.416 e. The van der Waals surface area contributed by atoms with Gasteiger partial charge in [-0.3, -0.25) is 9.59 Å². The summed E-state index contributed by atoms with van der Waals surface area (Å²) in [6, 6.07) is 11.7. The van der Waals surface area contributed by atoms with Crippen molar-refractivity contribution in [1.29, 1.82) is 0 Å². The average molecular weight is 360 g/mol. The lowest BCUT2D eigenvalue weighted by Gasteiger charge is -2.50. The number of rotatable bonds is 1. The van der Waals surface area contributed by atoms with E-state index in [-0.39, 0.29) is 30.5 Å². The van der Waals surface area contributed by atoms with E-state index in [0.717, 1.165) is 23.4 Å². The van der Waals surface area contributed by atoms with E-state index < -0.39 is 17.2 Å². The van der Waals surface area contributed by atoms with Crippen LogP contribution in [0.5, 0.6) is 0 Å². The smallest absolute Gasteiger partial charge is 0.336 e. The average Bonchev–Trinajstić information content (AvgIpc) is 2.58. The Bertz CT molecular complexity index is 884. The van der Waals surface area contributed by atoms with Gasteiger partial charge in [0.05, 0.1) is 11.0 Å². The summed E-state index contributed by atoms with van der Waals surface area (Å²) in [5.74, 6) is -0.483. The maximum atomic E-state index is 12.6. The van der Waals surface area contributed by atoms with Gasteiger partial charge in [-0.1, -0.05) is 18.2 Å². The fourth-order valence-corrected chi connectivity index (χ4v) is 3.56. The Labute approximate surface area is 147 Å². The lowest BCUT2D eigenvalue weighted by atomic mass is 9.71. The number of hydrogen-bond donors (Lipinski definition) is 1. The second-order valence-electron chi connectivity index (χ2n) is 6.80. The van der Waals surface area contributed by atoms with E-state index in [1.54, 1.807) is 0 Å². The van der Waals surface area contributed by atoms with Crippen LogP contribution in [0, 0.1) is 5.41 Å². The minimum Gasteiger partial charge on any atom is -0.336 e. The molecule has 2 aromatic carbocycles. The molecule has 0 unspecified atom stereocenters. The van der Waals surface area contributed by atoms with Crippen LogP contribution in [0.1, 0.15) is 21.5 Å². The van der Waals surface area contributed by atoms with Gasteiger partial charge < -0.3 is 10.2 Å². The van der Waals surface area contributed by atoms with Gasteiger partial charge in [-0.05, 0) is 42.3 Å². The predicted molar refractivity (Wildman–Crippen MR) is 88.6 cm³/mol. The molecule has 4 rings (SSSR count). The molecule has 4 nitrogen and oxygen atoms in total. The molecule has 1 saturated heterocycles. The van der Waals surface area contributed by atoms with E-state index >= 15 is 0 Å². The number of carbonyl (C=O) groups is 2. The summed E-state index contributed by atoms with van der Waals surface area (Å²) in [7, 11) is 0. The summed E-state index contributed by atoms with van der Waals surface area (Å²) in [5.41, 5.74) is 0.543. The van der Waals surface area contributed by atoms with Crippen LogP contribution in [-0.4, -0.2) is 29.8 Å². The summed E-state index contributed by atoms with van der Waals surface area (Å²) >= 11 is 0. The SMILES string of the molecule is O=C(c1ccc(C(F)(F)F)cc1)N1CC2(Cc3ccccc3NC2=O)C1. The molecule has 2 heterocycles. The Balaban J connectivity index is 1.48. The molecular weight excluding hydrogens is 345 g/mol. The van der Waals surface area contributed by atoms with Gasteiger partial charge >= 0.3 is 6.18 Å². The van der Waals surface area contributed by atoms with Crippen LogP contribution >= 0.6 is 0 Å². The molecule has 2 amide bonds. The van der Waals surface area contributed by atoms with Gasteiger partial charge in [0.2, 0.25) is 5.91 Å². The molecule has 0 atom stereocenters. The Morgan fingerprint density at radius 2 is 1.69 bits per heavy atom. The van der Waals surface area contributed by atoms with Crippen molar-refractivity contribution in [3.8, 4) is 0 Å². The Kier molecular flexibility index (Phi) is 3.57. The van der Waals surface area contributed by atoms with Crippen LogP contribution in [0.3, 0.4) is 0 Å². The molecule has 2 aliphatic rings. The van der Waals surface area contributed by atoms with Crippen LogP contribution in [0.4, 0.5) is 18.9 Å². The zero-order valence-corrected chi connectivity index (χ0v) is 13.6. The molecule has 0 aliphatic carbocycles. The quantitative estimate of drug-likeness (QED) is 0.848. The van der Waals surface area contributed by atoms with E-state index in [1.807, 2.05) is 24.3 Å². The topological polar surface area (TPSA) is 49.4 Å². The lowest BCUT2D eigenvalue weighted by Crippen LogP contribution is -2.65. The minimum atomic E-state index is -4.43. The number of nitrogens with zero attached hydrogens (tertiary/aromatic N) is 1. The molecule has 0 saturated carbocycles. The summed E-state index contributed by atoms with van der Waals surface area (Å²) in [6.45, 7) is 0.514. The zero-order valence-electron chi connectivity index (χ0n) is 13.6. The monoisotopic (exact) mass is 360 g/mol. The third kappa shape index (κ3) is 2.64. The van der Waals surface area contributed by atoms with Gasteiger partial charge in [0.25, 0.3) is 5.91 Å². The number of halogens is 3. The van der Waals surface area contributed by atoms with E-state index in [9.17, 15) is 22.8 Å². The standard InChI is InChI=1S/C19H15F3N2O2/c20-19(21,22)14-7-5-12(6-8-14)16(25)24-10-18(11-24)9-13-3-1-2-4-15(13)23-17(18)26/h1-8H,9-11H2,(H,23,26). The molecule has 7 heteroatoms. The van der Waals surface area contributed by atoms with Crippen LogP contribution in [-0.2, 0) is 17.4 Å². The maximum absolute atomic E-state index is 12.6. The first-order valence-electron chi connectivity index (χ1n) is 8.14. The van der Waals surface area contributed by atoms with Gasteiger partial charge in [-0.15, -0.1) is 0 Å². The summed E-state index contributed by atoms with van der Waals surface area (Å²) < 4.78 is 37.9. The normalized spacial score (nSPS) is 18.1. The van der Waals surface area contributed by atoms with Crippen molar-refractivity contribution < 1.29 is 22.8 Å². The highest BCUT2D eigenvalue weighted by Gasteiger charge is 2.53. The van der Waals surface area contributed by atoms with Crippen molar-refractivity contribution in [2.45, 2.75) is 12.6 Å². The number of nitrogens with one attached hydrogen (secondary N) is 1. The number of para-hydroxylation sites is 1. The molecule has 0 bridgehead atoms. The first-order valence-corrected chi connectivity index (χ1v) is 8.14. The van der Waals surface area contributed by atoms with Crippen LogP contribution in [0.2, 0.25) is 0 Å². The second-order valence-corrected chi connectivity index (χ2v) is 6.80. The minimum absolute atomic E-state index is 0.118. The predicted octanol–water partition coefficient (Wildman–Crippen LogP) is 3.34. The number of carbonyl (C=O) groups excluding carboxylic acids is 2.